The quantitative estimate of drug-likeness (QED) is 0.719. The maximum Gasteiger partial charge on any atom is 0.332 e. The fourth-order valence-electron chi connectivity index (χ4n) is 1.52. The summed E-state index contributed by atoms with van der Waals surface area (Å²) in [4.78, 5) is 24.3. The molecule has 0 aromatic rings. The fraction of sp³-hybridized carbons (Fsp3) is 0.846. The largest absolute Gasteiger partial charge is 0.479 e. The van der Waals surface area contributed by atoms with Gasteiger partial charge in [-0.2, -0.15) is 0 Å². The number of carbonyl (C=O) groups excluding carboxylic acids is 1. The first-order valence-corrected chi connectivity index (χ1v) is 6.36. The van der Waals surface area contributed by atoms with E-state index >= 15 is 0 Å². The summed E-state index contributed by atoms with van der Waals surface area (Å²) in [6.45, 7) is 10.8. The third-order valence-corrected chi connectivity index (χ3v) is 2.33. The molecule has 18 heavy (non-hydrogen) atoms. The Balaban J connectivity index is 4.32. The van der Waals surface area contributed by atoms with Gasteiger partial charge in [-0.15, -0.1) is 0 Å². The molecule has 0 saturated carbocycles. The van der Waals surface area contributed by atoms with Crippen molar-refractivity contribution < 1.29 is 19.4 Å². The Hall–Kier alpha value is -1.10. The van der Waals surface area contributed by atoms with Gasteiger partial charge in [-0.25, -0.2) is 4.79 Å². The van der Waals surface area contributed by atoms with E-state index in [1.54, 1.807) is 4.90 Å². The van der Waals surface area contributed by atoms with Crippen LogP contribution >= 0.6 is 0 Å². The Bertz CT molecular complexity index is 266. The number of aliphatic carboxylic acids is 1. The number of carboxylic acid groups (broad SMARTS) is 1. The van der Waals surface area contributed by atoms with E-state index in [0.717, 1.165) is 0 Å². The van der Waals surface area contributed by atoms with Crippen LogP contribution in [0.1, 0.15) is 34.6 Å². The van der Waals surface area contributed by atoms with Gasteiger partial charge in [0, 0.05) is 13.1 Å². The number of hydrogen-bond donors (Lipinski definition) is 1. The van der Waals surface area contributed by atoms with Gasteiger partial charge in [-0.05, 0) is 18.8 Å². The van der Waals surface area contributed by atoms with Crippen LogP contribution in [0.2, 0.25) is 0 Å². The fourth-order valence-corrected chi connectivity index (χ4v) is 1.52. The molecule has 0 bridgehead atoms. The van der Waals surface area contributed by atoms with E-state index in [4.69, 9.17) is 9.84 Å². The van der Waals surface area contributed by atoms with Crippen molar-refractivity contribution in [2.24, 2.45) is 11.8 Å². The molecular formula is C13H25NO4. The van der Waals surface area contributed by atoms with Gasteiger partial charge < -0.3 is 14.7 Å². The number of ether oxygens (including phenoxy) is 1. The Morgan fingerprint density at radius 1 is 1.06 bits per heavy atom. The van der Waals surface area contributed by atoms with Gasteiger partial charge in [-0.3, -0.25) is 4.79 Å². The van der Waals surface area contributed by atoms with Gasteiger partial charge in [0.05, 0.1) is 0 Å². The normalized spacial score (nSPS) is 12.8. The predicted molar refractivity (Wildman–Crippen MR) is 69.3 cm³/mol. The number of amides is 1. The molecule has 0 aliphatic heterocycles. The molecule has 1 amide bonds. The highest BCUT2D eigenvalue weighted by Gasteiger charge is 2.19. The minimum atomic E-state index is -1.05. The summed E-state index contributed by atoms with van der Waals surface area (Å²) in [5, 5.41) is 8.67. The minimum absolute atomic E-state index is 0.148. The van der Waals surface area contributed by atoms with E-state index < -0.39 is 12.1 Å². The molecule has 1 N–H and O–H groups in total. The van der Waals surface area contributed by atoms with Crippen LogP contribution in [0.15, 0.2) is 0 Å². The molecular weight excluding hydrogens is 234 g/mol. The lowest BCUT2D eigenvalue weighted by Gasteiger charge is -2.26. The summed E-state index contributed by atoms with van der Waals surface area (Å²) in [6.07, 6.45) is -0.950. The summed E-state index contributed by atoms with van der Waals surface area (Å²) in [7, 11) is 0. The molecule has 1 atom stereocenters. The predicted octanol–water partition coefficient (Wildman–Crippen LogP) is 1.62. The SMILES string of the molecule is CC(C)CN(CC(C)C)C(=O)CO[C@H](C)C(=O)O. The maximum absolute atomic E-state index is 11.9. The monoisotopic (exact) mass is 259 g/mol. The van der Waals surface area contributed by atoms with E-state index in [9.17, 15) is 9.59 Å². The van der Waals surface area contributed by atoms with Crippen molar-refractivity contribution in [3.63, 3.8) is 0 Å². The van der Waals surface area contributed by atoms with Crippen LogP contribution in [0.3, 0.4) is 0 Å². The van der Waals surface area contributed by atoms with Crippen LogP contribution in [0.25, 0.3) is 0 Å². The third-order valence-electron chi connectivity index (χ3n) is 2.33. The molecule has 106 valence electrons. The smallest absolute Gasteiger partial charge is 0.332 e. The lowest BCUT2D eigenvalue weighted by atomic mass is 10.1. The van der Waals surface area contributed by atoms with Crippen molar-refractivity contribution in [3.8, 4) is 0 Å². The molecule has 0 rings (SSSR count). The number of carbonyl (C=O) groups is 2. The third kappa shape index (κ3) is 7.27. The Labute approximate surface area is 109 Å². The molecule has 0 unspecified atom stereocenters. The van der Waals surface area contributed by atoms with Crippen LogP contribution in [0.5, 0.6) is 0 Å². The molecule has 5 nitrogen and oxygen atoms in total. The highest BCUT2D eigenvalue weighted by Crippen LogP contribution is 2.05. The van der Waals surface area contributed by atoms with E-state index in [1.807, 2.05) is 27.7 Å². The molecule has 0 aliphatic carbocycles. The molecule has 0 heterocycles. The number of nitrogens with zero attached hydrogens (tertiary/aromatic N) is 1. The van der Waals surface area contributed by atoms with Crippen molar-refractivity contribution in [2.45, 2.75) is 40.7 Å². The van der Waals surface area contributed by atoms with Crippen molar-refractivity contribution in [2.75, 3.05) is 19.7 Å². The number of carboxylic acids is 1. The highest BCUT2D eigenvalue weighted by atomic mass is 16.5. The van der Waals surface area contributed by atoms with Gasteiger partial charge in [0.25, 0.3) is 0 Å². The molecule has 0 aromatic heterocycles. The molecule has 0 radical (unpaired) electrons. The first kappa shape index (κ1) is 16.9. The second kappa shape index (κ2) is 8.08. The van der Waals surface area contributed by atoms with Gasteiger partial charge in [0.15, 0.2) is 6.10 Å². The van der Waals surface area contributed by atoms with Crippen molar-refractivity contribution in [3.05, 3.63) is 0 Å². The summed E-state index contributed by atoms with van der Waals surface area (Å²) in [6, 6.07) is 0. The lowest BCUT2D eigenvalue weighted by molar-refractivity contribution is -0.153. The first-order valence-electron chi connectivity index (χ1n) is 6.36. The van der Waals surface area contributed by atoms with Crippen LogP contribution in [0, 0.1) is 11.8 Å². The zero-order chi connectivity index (χ0) is 14.3. The van der Waals surface area contributed by atoms with Gasteiger partial charge >= 0.3 is 5.97 Å². The van der Waals surface area contributed by atoms with Gasteiger partial charge in [0.2, 0.25) is 5.91 Å². The van der Waals surface area contributed by atoms with Crippen molar-refractivity contribution in [1.82, 2.24) is 4.90 Å². The lowest BCUT2D eigenvalue weighted by Crippen LogP contribution is -2.40. The molecule has 0 fully saturated rings. The first-order chi connectivity index (χ1) is 8.23. The van der Waals surface area contributed by atoms with E-state index in [2.05, 4.69) is 0 Å². The average Bonchev–Trinajstić information content (AvgIpc) is 2.22. The van der Waals surface area contributed by atoms with Gasteiger partial charge in [-0.1, -0.05) is 27.7 Å². The Morgan fingerprint density at radius 3 is 1.83 bits per heavy atom. The van der Waals surface area contributed by atoms with Crippen LogP contribution < -0.4 is 0 Å². The number of hydrogen-bond acceptors (Lipinski definition) is 3. The van der Waals surface area contributed by atoms with Crippen LogP contribution in [-0.2, 0) is 14.3 Å². The summed E-state index contributed by atoms with van der Waals surface area (Å²) in [5.74, 6) is -0.443. The summed E-state index contributed by atoms with van der Waals surface area (Å²) in [5.41, 5.74) is 0. The standard InChI is InChI=1S/C13H25NO4/c1-9(2)6-14(7-10(3)4)12(15)8-18-11(5)13(16)17/h9-11H,6-8H2,1-5H3,(H,16,17)/t11-/m1/s1. The Morgan fingerprint density at radius 2 is 1.50 bits per heavy atom. The van der Waals surface area contributed by atoms with E-state index in [0.29, 0.717) is 24.9 Å². The molecule has 0 spiro atoms. The Kier molecular flexibility index (Phi) is 7.59. The van der Waals surface area contributed by atoms with Crippen LogP contribution in [0.4, 0.5) is 0 Å². The maximum atomic E-state index is 11.9. The van der Waals surface area contributed by atoms with E-state index in [-0.39, 0.29) is 12.5 Å². The number of rotatable bonds is 8. The van der Waals surface area contributed by atoms with Crippen molar-refractivity contribution in [1.29, 1.82) is 0 Å². The zero-order valence-electron chi connectivity index (χ0n) is 12.0. The second-order valence-electron chi connectivity index (χ2n) is 5.38. The van der Waals surface area contributed by atoms with Crippen LogP contribution in [-0.4, -0.2) is 47.7 Å². The van der Waals surface area contributed by atoms with Gasteiger partial charge in [0.1, 0.15) is 6.61 Å². The topological polar surface area (TPSA) is 66.8 Å². The summed E-state index contributed by atoms with van der Waals surface area (Å²) >= 11 is 0. The average molecular weight is 259 g/mol. The minimum Gasteiger partial charge on any atom is -0.479 e. The molecule has 0 aromatic carbocycles. The van der Waals surface area contributed by atoms with E-state index in [1.165, 1.54) is 6.92 Å². The summed E-state index contributed by atoms with van der Waals surface area (Å²) < 4.78 is 5.02. The molecule has 5 heteroatoms. The highest BCUT2D eigenvalue weighted by molar-refractivity contribution is 5.78. The van der Waals surface area contributed by atoms with Crippen molar-refractivity contribution >= 4 is 11.9 Å². The zero-order valence-corrected chi connectivity index (χ0v) is 12.0. The molecule has 0 aliphatic rings. The molecule has 0 saturated heterocycles. The second-order valence-corrected chi connectivity index (χ2v) is 5.38.